The van der Waals surface area contributed by atoms with E-state index < -0.39 is 0 Å². The van der Waals surface area contributed by atoms with Gasteiger partial charge in [0, 0.05) is 30.8 Å². The van der Waals surface area contributed by atoms with Gasteiger partial charge in [0.05, 0.1) is 4.47 Å². The first-order valence-electron chi connectivity index (χ1n) is 5.73. The highest BCUT2D eigenvalue weighted by molar-refractivity contribution is 9.11. The predicted molar refractivity (Wildman–Crippen MR) is 80.6 cm³/mol. The highest BCUT2D eigenvalue weighted by Crippen LogP contribution is 2.25. The Balaban J connectivity index is 2.44. The van der Waals surface area contributed by atoms with Gasteiger partial charge in [-0.15, -0.1) is 0 Å². The summed E-state index contributed by atoms with van der Waals surface area (Å²) >= 11 is 6.93. The minimum Gasteiger partial charge on any atom is -0.357 e. The topological polar surface area (TPSA) is 28.2 Å². The molecule has 0 amide bonds. The molecule has 1 aromatic heterocycles. The smallest absolute Gasteiger partial charge is 0.142 e. The zero-order valence-electron chi connectivity index (χ0n) is 10.5. The summed E-state index contributed by atoms with van der Waals surface area (Å²) in [5.74, 6) is 1.66. The van der Waals surface area contributed by atoms with Crippen LogP contribution < -0.4 is 10.2 Å². The Hall–Kier alpha value is -0.130. The van der Waals surface area contributed by atoms with Crippen LogP contribution in [-0.2, 0) is 0 Å². The third kappa shape index (κ3) is 5.36. The SMILES string of the molecule is CC(C)CNCCN(C)c1ncc(Br)cc1Br. The lowest BCUT2D eigenvalue weighted by atomic mass is 10.2. The molecule has 1 aromatic rings. The molecule has 1 N–H and O–H groups in total. The van der Waals surface area contributed by atoms with E-state index in [4.69, 9.17) is 0 Å². The van der Waals surface area contributed by atoms with E-state index in [1.54, 1.807) is 0 Å². The number of hydrogen-bond donors (Lipinski definition) is 1. The summed E-state index contributed by atoms with van der Waals surface area (Å²) in [6, 6.07) is 2.01. The normalized spacial score (nSPS) is 10.9. The molecule has 0 aromatic carbocycles. The van der Waals surface area contributed by atoms with Crippen molar-refractivity contribution in [2.45, 2.75) is 13.8 Å². The lowest BCUT2D eigenvalue weighted by Gasteiger charge is -2.20. The first-order valence-corrected chi connectivity index (χ1v) is 7.32. The fourth-order valence-corrected chi connectivity index (χ4v) is 2.72. The maximum atomic E-state index is 4.40. The van der Waals surface area contributed by atoms with E-state index in [1.807, 2.05) is 12.3 Å². The molecule has 0 atom stereocenters. The Morgan fingerprint density at radius 3 is 2.71 bits per heavy atom. The minimum atomic E-state index is 0.692. The Morgan fingerprint density at radius 1 is 1.41 bits per heavy atom. The van der Waals surface area contributed by atoms with E-state index >= 15 is 0 Å². The molecule has 0 aliphatic carbocycles. The fraction of sp³-hybridized carbons (Fsp3) is 0.583. The average molecular weight is 365 g/mol. The summed E-state index contributed by atoms with van der Waals surface area (Å²) < 4.78 is 2.00. The second kappa shape index (κ2) is 7.34. The van der Waals surface area contributed by atoms with Crippen molar-refractivity contribution in [3.05, 3.63) is 21.2 Å². The van der Waals surface area contributed by atoms with Crippen LogP contribution in [0.5, 0.6) is 0 Å². The van der Waals surface area contributed by atoms with Crippen LogP contribution in [0.3, 0.4) is 0 Å². The first-order chi connectivity index (χ1) is 8.00. The number of likely N-dealkylation sites (N-methyl/N-ethyl adjacent to an activating group) is 1. The van der Waals surface area contributed by atoms with E-state index in [-0.39, 0.29) is 0 Å². The van der Waals surface area contributed by atoms with E-state index in [9.17, 15) is 0 Å². The van der Waals surface area contributed by atoms with Crippen molar-refractivity contribution in [3.63, 3.8) is 0 Å². The highest BCUT2D eigenvalue weighted by Gasteiger charge is 2.07. The third-order valence-corrected chi connectivity index (χ3v) is 3.34. The summed E-state index contributed by atoms with van der Waals surface area (Å²) in [5.41, 5.74) is 0. The predicted octanol–water partition coefficient (Wildman–Crippen LogP) is 3.29. The summed E-state index contributed by atoms with van der Waals surface area (Å²) in [6.07, 6.45) is 1.82. The molecule has 5 heteroatoms. The van der Waals surface area contributed by atoms with E-state index in [2.05, 4.69) is 68.0 Å². The average Bonchev–Trinajstić information content (AvgIpc) is 2.23. The van der Waals surface area contributed by atoms with Crippen LogP contribution in [0.4, 0.5) is 5.82 Å². The highest BCUT2D eigenvalue weighted by atomic mass is 79.9. The third-order valence-electron chi connectivity index (χ3n) is 2.33. The van der Waals surface area contributed by atoms with Gasteiger partial charge in [-0.25, -0.2) is 4.98 Å². The van der Waals surface area contributed by atoms with Crippen molar-refractivity contribution in [2.24, 2.45) is 5.92 Å². The summed E-state index contributed by atoms with van der Waals surface area (Å²) in [5, 5.41) is 3.42. The number of pyridine rings is 1. The van der Waals surface area contributed by atoms with Gasteiger partial charge < -0.3 is 10.2 Å². The molecule has 0 fully saturated rings. The number of anilines is 1. The first kappa shape index (κ1) is 14.9. The molecular weight excluding hydrogens is 346 g/mol. The maximum Gasteiger partial charge on any atom is 0.142 e. The molecule has 1 heterocycles. The summed E-state index contributed by atoms with van der Waals surface area (Å²) in [7, 11) is 2.05. The lowest BCUT2D eigenvalue weighted by molar-refractivity contribution is 0.554. The Kier molecular flexibility index (Phi) is 6.44. The van der Waals surface area contributed by atoms with Crippen molar-refractivity contribution >= 4 is 37.7 Å². The fourth-order valence-electron chi connectivity index (χ4n) is 1.43. The standard InChI is InChI=1S/C12H19Br2N3/c1-9(2)7-15-4-5-17(3)12-11(14)6-10(13)8-16-12/h6,8-9,15H,4-5,7H2,1-3H3. The summed E-state index contributed by atoms with van der Waals surface area (Å²) in [6.45, 7) is 7.40. The molecule has 96 valence electrons. The monoisotopic (exact) mass is 363 g/mol. The molecule has 17 heavy (non-hydrogen) atoms. The van der Waals surface area contributed by atoms with Crippen LogP contribution in [-0.4, -0.2) is 31.7 Å². The molecule has 0 saturated carbocycles. The van der Waals surface area contributed by atoms with Crippen molar-refractivity contribution in [1.82, 2.24) is 10.3 Å². The molecule has 0 aliphatic heterocycles. The van der Waals surface area contributed by atoms with Crippen LogP contribution in [0.25, 0.3) is 0 Å². The van der Waals surface area contributed by atoms with Gasteiger partial charge in [-0.2, -0.15) is 0 Å². The zero-order chi connectivity index (χ0) is 12.8. The molecule has 0 unspecified atom stereocenters. The minimum absolute atomic E-state index is 0.692. The van der Waals surface area contributed by atoms with E-state index in [0.717, 1.165) is 34.4 Å². The second-order valence-electron chi connectivity index (χ2n) is 4.48. The molecule has 0 bridgehead atoms. The number of rotatable bonds is 6. The summed E-state index contributed by atoms with van der Waals surface area (Å²) in [4.78, 5) is 6.54. The van der Waals surface area contributed by atoms with Crippen LogP contribution >= 0.6 is 31.9 Å². The van der Waals surface area contributed by atoms with E-state index in [1.165, 1.54) is 0 Å². The van der Waals surface area contributed by atoms with Gasteiger partial charge in [0.15, 0.2) is 0 Å². The molecule has 0 radical (unpaired) electrons. The number of halogens is 2. The molecule has 3 nitrogen and oxygen atoms in total. The number of hydrogen-bond acceptors (Lipinski definition) is 3. The van der Waals surface area contributed by atoms with Crippen molar-refractivity contribution < 1.29 is 0 Å². The Bertz CT molecular complexity index is 356. The lowest BCUT2D eigenvalue weighted by Crippen LogP contribution is -2.31. The van der Waals surface area contributed by atoms with Gasteiger partial charge in [-0.05, 0) is 50.4 Å². The molecule has 0 spiro atoms. The van der Waals surface area contributed by atoms with Crippen molar-refractivity contribution in [1.29, 1.82) is 0 Å². The van der Waals surface area contributed by atoms with Gasteiger partial charge in [0.2, 0.25) is 0 Å². The van der Waals surface area contributed by atoms with Crippen LogP contribution in [0, 0.1) is 5.92 Å². The van der Waals surface area contributed by atoms with Gasteiger partial charge in [-0.1, -0.05) is 13.8 Å². The van der Waals surface area contributed by atoms with Crippen LogP contribution in [0.15, 0.2) is 21.2 Å². The molecule has 0 saturated heterocycles. The molecular formula is C12H19Br2N3. The van der Waals surface area contributed by atoms with Gasteiger partial charge in [-0.3, -0.25) is 0 Å². The number of aromatic nitrogens is 1. The van der Waals surface area contributed by atoms with E-state index in [0.29, 0.717) is 5.92 Å². The number of nitrogens with zero attached hydrogens (tertiary/aromatic N) is 2. The van der Waals surface area contributed by atoms with Crippen molar-refractivity contribution in [3.8, 4) is 0 Å². The van der Waals surface area contributed by atoms with Crippen LogP contribution in [0.1, 0.15) is 13.8 Å². The van der Waals surface area contributed by atoms with Gasteiger partial charge in [0.25, 0.3) is 0 Å². The van der Waals surface area contributed by atoms with Gasteiger partial charge in [0.1, 0.15) is 5.82 Å². The Morgan fingerprint density at radius 2 is 2.12 bits per heavy atom. The zero-order valence-corrected chi connectivity index (χ0v) is 13.7. The maximum absolute atomic E-state index is 4.40. The molecule has 0 aliphatic rings. The quantitative estimate of drug-likeness (QED) is 0.785. The number of nitrogens with one attached hydrogen (secondary N) is 1. The van der Waals surface area contributed by atoms with Crippen LogP contribution in [0.2, 0.25) is 0 Å². The Labute approximate surface area is 120 Å². The van der Waals surface area contributed by atoms with Gasteiger partial charge >= 0.3 is 0 Å². The molecule has 1 rings (SSSR count). The largest absolute Gasteiger partial charge is 0.357 e. The van der Waals surface area contributed by atoms with Crippen molar-refractivity contribution in [2.75, 3.05) is 31.6 Å². The second-order valence-corrected chi connectivity index (χ2v) is 6.25.